The molecule has 0 bridgehead atoms. The number of anilines is 2. The van der Waals surface area contributed by atoms with Crippen molar-refractivity contribution in [3.05, 3.63) is 29.8 Å². The molecule has 0 aliphatic rings. The van der Waals surface area contributed by atoms with Gasteiger partial charge in [0.15, 0.2) is 0 Å². The van der Waals surface area contributed by atoms with Gasteiger partial charge in [-0.15, -0.1) is 0 Å². The molecule has 0 aromatic carbocycles. The van der Waals surface area contributed by atoms with Gasteiger partial charge < -0.3 is 10.6 Å². The Kier molecular flexibility index (Phi) is 4.92. The number of hydrogen-bond donors (Lipinski definition) is 2. The SMILES string of the molecule is CCCNc1nc(C)nc(NCCn2cccn2)c1C. The lowest BCUT2D eigenvalue weighted by Crippen LogP contribution is -2.15. The zero-order valence-electron chi connectivity index (χ0n) is 12.3. The van der Waals surface area contributed by atoms with Crippen molar-refractivity contribution in [1.82, 2.24) is 19.7 Å². The Balaban J connectivity index is 2.01. The largest absolute Gasteiger partial charge is 0.370 e. The van der Waals surface area contributed by atoms with E-state index < -0.39 is 0 Å². The molecule has 0 aliphatic heterocycles. The molecule has 20 heavy (non-hydrogen) atoms. The van der Waals surface area contributed by atoms with Crippen molar-refractivity contribution in [1.29, 1.82) is 0 Å². The maximum atomic E-state index is 4.47. The predicted octanol–water partition coefficient (Wildman–Crippen LogP) is 2.22. The summed E-state index contributed by atoms with van der Waals surface area (Å²) in [5.74, 6) is 2.58. The van der Waals surface area contributed by atoms with Gasteiger partial charge in [-0.2, -0.15) is 5.10 Å². The molecule has 2 aromatic rings. The molecule has 108 valence electrons. The van der Waals surface area contributed by atoms with Crippen LogP contribution < -0.4 is 10.6 Å². The van der Waals surface area contributed by atoms with Crippen LogP contribution in [0.3, 0.4) is 0 Å². The first-order chi connectivity index (χ1) is 9.70. The van der Waals surface area contributed by atoms with Gasteiger partial charge in [-0.3, -0.25) is 4.68 Å². The van der Waals surface area contributed by atoms with Crippen LogP contribution in [0.2, 0.25) is 0 Å². The Morgan fingerprint density at radius 1 is 1.10 bits per heavy atom. The third kappa shape index (κ3) is 3.69. The molecule has 0 atom stereocenters. The lowest BCUT2D eigenvalue weighted by molar-refractivity contribution is 0.636. The van der Waals surface area contributed by atoms with Crippen LogP contribution in [0.5, 0.6) is 0 Å². The molecule has 6 nitrogen and oxygen atoms in total. The molecule has 2 heterocycles. The average Bonchev–Trinajstić information content (AvgIpc) is 2.94. The first kappa shape index (κ1) is 14.3. The lowest BCUT2D eigenvalue weighted by Gasteiger charge is -2.14. The number of nitrogens with zero attached hydrogens (tertiary/aromatic N) is 4. The third-order valence-electron chi connectivity index (χ3n) is 2.99. The Labute approximate surface area is 119 Å². The fourth-order valence-electron chi connectivity index (χ4n) is 1.94. The minimum atomic E-state index is 0.774. The van der Waals surface area contributed by atoms with E-state index in [2.05, 4.69) is 32.6 Å². The van der Waals surface area contributed by atoms with Crippen LogP contribution in [-0.2, 0) is 6.54 Å². The third-order valence-corrected chi connectivity index (χ3v) is 2.99. The minimum Gasteiger partial charge on any atom is -0.370 e. The number of rotatable bonds is 7. The van der Waals surface area contributed by atoms with Crippen LogP contribution in [0.25, 0.3) is 0 Å². The monoisotopic (exact) mass is 274 g/mol. The smallest absolute Gasteiger partial charge is 0.134 e. The van der Waals surface area contributed by atoms with Crippen molar-refractivity contribution in [2.24, 2.45) is 0 Å². The van der Waals surface area contributed by atoms with Gasteiger partial charge in [0, 0.05) is 31.0 Å². The summed E-state index contributed by atoms with van der Waals surface area (Å²) in [6.45, 7) is 8.60. The summed E-state index contributed by atoms with van der Waals surface area (Å²) in [4.78, 5) is 8.92. The van der Waals surface area contributed by atoms with Gasteiger partial charge in [0.1, 0.15) is 17.5 Å². The maximum absolute atomic E-state index is 4.47. The van der Waals surface area contributed by atoms with Crippen molar-refractivity contribution in [2.45, 2.75) is 33.7 Å². The second-order valence-corrected chi connectivity index (χ2v) is 4.72. The first-order valence-corrected chi connectivity index (χ1v) is 7.01. The summed E-state index contributed by atoms with van der Waals surface area (Å²) in [5, 5.41) is 10.9. The van der Waals surface area contributed by atoms with E-state index in [-0.39, 0.29) is 0 Å². The highest BCUT2D eigenvalue weighted by Gasteiger charge is 2.08. The second kappa shape index (κ2) is 6.88. The van der Waals surface area contributed by atoms with Crippen molar-refractivity contribution in [3.63, 3.8) is 0 Å². The molecular formula is C14H22N6. The highest BCUT2D eigenvalue weighted by atomic mass is 15.3. The summed E-state index contributed by atoms with van der Waals surface area (Å²) in [7, 11) is 0. The Bertz CT molecular complexity index is 535. The van der Waals surface area contributed by atoms with E-state index in [1.807, 2.05) is 30.8 Å². The highest BCUT2D eigenvalue weighted by Crippen LogP contribution is 2.19. The minimum absolute atomic E-state index is 0.774. The van der Waals surface area contributed by atoms with E-state index >= 15 is 0 Å². The highest BCUT2D eigenvalue weighted by molar-refractivity contribution is 5.57. The molecule has 0 radical (unpaired) electrons. The van der Waals surface area contributed by atoms with Crippen LogP contribution in [0, 0.1) is 13.8 Å². The number of hydrogen-bond acceptors (Lipinski definition) is 5. The number of aromatic nitrogens is 4. The van der Waals surface area contributed by atoms with Crippen molar-refractivity contribution >= 4 is 11.6 Å². The number of nitrogens with one attached hydrogen (secondary N) is 2. The molecule has 0 saturated heterocycles. The zero-order chi connectivity index (χ0) is 14.4. The quantitative estimate of drug-likeness (QED) is 0.810. The van der Waals surface area contributed by atoms with Crippen molar-refractivity contribution in [2.75, 3.05) is 23.7 Å². The Morgan fingerprint density at radius 3 is 2.40 bits per heavy atom. The van der Waals surface area contributed by atoms with Gasteiger partial charge in [0.25, 0.3) is 0 Å². The maximum Gasteiger partial charge on any atom is 0.134 e. The topological polar surface area (TPSA) is 67.7 Å². The van der Waals surface area contributed by atoms with Gasteiger partial charge in [0.2, 0.25) is 0 Å². The van der Waals surface area contributed by atoms with E-state index in [1.165, 1.54) is 0 Å². The molecule has 0 aliphatic carbocycles. The van der Waals surface area contributed by atoms with E-state index in [1.54, 1.807) is 6.20 Å². The molecule has 2 aromatic heterocycles. The molecule has 0 spiro atoms. The Hall–Kier alpha value is -2.11. The summed E-state index contributed by atoms with van der Waals surface area (Å²) < 4.78 is 1.90. The average molecular weight is 274 g/mol. The summed E-state index contributed by atoms with van der Waals surface area (Å²) in [5.41, 5.74) is 1.06. The molecule has 0 fully saturated rings. The molecule has 2 N–H and O–H groups in total. The fourth-order valence-corrected chi connectivity index (χ4v) is 1.94. The first-order valence-electron chi connectivity index (χ1n) is 7.01. The van der Waals surface area contributed by atoms with Crippen LogP contribution in [0.4, 0.5) is 11.6 Å². The molecule has 6 heteroatoms. The molecule has 0 saturated carbocycles. The normalized spacial score (nSPS) is 10.6. The van der Waals surface area contributed by atoms with Gasteiger partial charge in [-0.25, -0.2) is 9.97 Å². The molecular weight excluding hydrogens is 252 g/mol. The van der Waals surface area contributed by atoms with Gasteiger partial charge >= 0.3 is 0 Å². The lowest BCUT2D eigenvalue weighted by atomic mass is 10.3. The number of aryl methyl sites for hydroxylation is 1. The van der Waals surface area contributed by atoms with Crippen LogP contribution in [0.1, 0.15) is 24.7 Å². The van der Waals surface area contributed by atoms with Gasteiger partial charge in [-0.1, -0.05) is 6.92 Å². The molecule has 0 unspecified atom stereocenters. The molecule has 0 amide bonds. The van der Waals surface area contributed by atoms with Crippen molar-refractivity contribution in [3.8, 4) is 0 Å². The fraction of sp³-hybridized carbons (Fsp3) is 0.500. The summed E-state index contributed by atoms with van der Waals surface area (Å²) in [6, 6.07) is 1.92. The van der Waals surface area contributed by atoms with Gasteiger partial charge in [-0.05, 0) is 26.3 Å². The molecule has 2 rings (SSSR count). The van der Waals surface area contributed by atoms with Crippen LogP contribution in [0.15, 0.2) is 18.5 Å². The van der Waals surface area contributed by atoms with Gasteiger partial charge in [0.05, 0.1) is 6.54 Å². The van der Waals surface area contributed by atoms with Crippen LogP contribution in [-0.4, -0.2) is 32.8 Å². The van der Waals surface area contributed by atoms with Crippen molar-refractivity contribution < 1.29 is 0 Å². The Morgan fingerprint density at radius 2 is 1.80 bits per heavy atom. The second-order valence-electron chi connectivity index (χ2n) is 4.72. The van der Waals surface area contributed by atoms with E-state index in [9.17, 15) is 0 Å². The standard InChI is InChI=1S/C14H22N6/c1-4-6-15-13-11(2)14(19-12(3)18-13)16-8-10-20-9-5-7-17-20/h5,7,9H,4,6,8,10H2,1-3H3,(H2,15,16,18,19). The zero-order valence-corrected chi connectivity index (χ0v) is 12.3. The van der Waals surface area contributed by atoms with E-state index in [0.717, 1.165) is 49.1 Å². The summed E-state index contributed by atoms with van der Waals surface area (Å²) >= 11 is 0. The van der Waals surface area contributed by atoms with E-state index in [4.69, 9.17) is 0 Å². The summed E-state index contributed by atoms with van der Waals surface area (Å²) in [6.07, 6.45) is 4.81. The van der Waals surface area contributed by atoms with Crippen LogP contribution >= 0.6 is 0 Å². The predicted molar refractivity (Wildman–Crippen MR) is 81.0 cm³/mol. The van der Waals surface area contributed by atoms with E-state index in [0.29, 0.717) is 0 Å².